The lowest BCUT2D eigenvalue weighted by atomic mass is 9.81. The van der Waals surface area contributed by atoms with Crippen molar-refractivity contribution in [3.8, 4) is 0 Å². The average molecular weight is 393 g/mol. The van der Waals surface area contributed by atoms with Gasteiger partial charge in [-0.3, -0.25) is 4.79 Å². The van der Waals surface area contributed by atoms with Crippen LogP contribution in [0, 0.1) is 23.7 Å². The molecule has 0 aromatic carbocycles. The predicted molar refractivity (Wildman–Crippen MR) is 116 cm³/mol. The average Bonchev–Trinajstić information content (AvgIpc) is 2.76. The minimum atomic E-state index is 0.184. The third-order valence-corrected chi connectivity index (χ3v) is 7.20. The fourth-order valence-electron chi connectivity index (χ4n) is 5.09. The van der Waals surface area contributed by atoms with E-state index in [0.29, 0.717) is 5.91 Å². The van der Waals surface area contributed by atoms with Crippen LogP contribution in [-0.2, 0) is 9.59 Å². The summed E-state index contributed by atoms with van der Waals surface area (Å²) in [5.41, 5.74) is 0. The van der Waals surface area contributed by atoms with E-state index in [0.717, 1.165) is 56.9 Å². The molecule has 28 heavy (non-hydrogen) atoms. The van der Waals surface area contributed by atoms with Gasteiger partial charge in [0.2, 0.25) is 5.91 Å². The van der Waals surface area contributed by atoms with Crippen LogP contribution in [0.5, 0.6) is 0 Å². The molecule has 0 aromatic rings. The van der Waals surface area contributed by atoms with Gasteiger partial charge in [0.25, 0.3) is 0 Å². The number of hydrogen-bond donors (Lipinski definition) is 0. The topological polar surface area (TPSA) is 40.6 Å². The Balaban J connectivity index is 0.00000136. The zero-order chi connectivity index (χ0) is 20.4. The first-order valence-corrected chi connectivity index (χ1v) is 12.1. The number of carbonyl (C=O) groups is 2. The van der Waals surface area contributed by atoms with Gasteiger partial charge in [-0.15, -0.1) is 0 Å². The summed E-state index contributed by atoms with van der Waals surface area (Å²) < 4.78 is 0. The lowest BCUT2D eigenvalue weighted by Gasteiger charge is -2.36. The molecule has 0 atom stereocenters. The minimum Gasteiger partial charge on any atom is -0.342 e. The third kappa shape index (κ3) is 7.17. The van der Waals surface area contributed by atoms with E-state index in [1.165, 1.54) is 58.2 Å². The van der Waals surface area contributed by atoms with Gasteiger partial charge in [-0.05, 0) is 95.7 Å². The molecule has 1 saturated carbocycles. The Hall–Kier alpha value is -0.900. The Labute approximate surface area is 173 Å². The smallest absolute Gasteiger partial charge is 0.225 e. The molecule has 4 heteroatoms. The van der Waals surface area contributed by atoms with Gasteiger partial charge in [0.1, 0.15) is 6.29 Å². The highest BCUT2D eigenvalue weighted by molar-refractivity contribution is 5.79. The maximum absolute atomic E-state index is 12.7. The van der Waals surface area contributed by atoms with Crippen molar-refractivity contribution in [2.75, 3.05) is 32.7 Å². The van der Waals surface area contributed by atoms with Gasteiger partial charge < -0.3 is 14.6 Å². The number of hydrogen-bond acceptors (Lipinski definition) is 3. The Morgan fingerprint density at radius 2 is 1.50 bits per heavy atom. The van der Waals surface area contributed by atoms with Crippen molar-refractivity contribution < 1.29 is 9.59 Å². The van der Waals surface area contributed by atoms with Crippen LogP contribution in [0.25, 0.3) is 0 Å². The van der Waals surface area contributed by atoms with Crippen molar-refractivity contribution in [1.29, 1.82) is 0 Å². The second-order valence-corrected chi connectivity index (χ2v) is 9.18. The quantitative estimate of drug-likeness (QED) is 0.611. The number of aldehydes is 1. The first kappa shape index (κ1) is 23.4. The van der Waals surface area contributed by atoms with Crippen LogP contribution in [0.3, 0.4) is 0 Å². The normalized spacial score (nSPS) is 27.8. The van der Waals surface area contributed by atoms with Gasteiger partial charge in [0, 0.05) is 24.9 Å². The highest BCUT2D eigenvalue weighted by Gasteiger charge is 2.31. The summed E-state index contributed by atoms with van der Waals surface area (Å²) in [7, 11) is 0. The van der Waals surface area contributed by atoms with Crippen molar-refractivity contribution in [1.82, 2.24) is 9.80 Å². The predicted octanol–water partition coefficient (Wildman–Crippen LogP) is 4.77. The molecule has 162 valence electrons. The van der Waals surface area contributed by atoms with Gasteiger partial charge in [0.15, 0.2) is 0 Å². The van der Waals surface area contributed by atoms with Crippen molar-refractivity contribution in [2.45, 2.75) is 85.0 Å². The summed E-state index contributed by atoms with van der Waals surface area (Å²) in [6, 6.07) is 0. The minimum absolute atomic E-state index is 0.184. The van der Waals surface area contributed by atoms with Gasteiger partial charge in [0.05, 0.1) is 0 Å². The largest absolute Gasteiger partial charge is 0.342 e. The summed E-state index contributed by atoms with van der Waals surface area (Å²) in [5, 5.41) is 0. The molecule has 3 fully saturated rings. The van der Waals surface area contributed by atoms with Crippen LogP contribution >= 0.6 is 0 Å². The van der Waals surface area contributed by atoms with Gasteiger partial charge >= 0.3 is 0 Å². The van der Waals surface area contributed by atoms with Crippen LogP contribution in [0.1, 0.15) is 85.0 Å². The first-order valence-electron chi connectivity index (χ1n) is 12.1. The SMILES string of the molecule is CC.CC1CCN(CCCC2CCN(C(=O)C3CCC(C=O)CC3)CC2)CC1. The molecule has 3 aliphatic rings. The molecule has 0 unspecified atom stereocenters. The Morgan fingerprint density at radius 1 is 0.893 bits per heavy atom. The van der Waals surface area contributed by atoms with E-state index in [2.05, 4.69) is 16.7 Å². The van der Waals surface area contributed by atoms with Gasteiger partial charge in [-0.25, -0.2) is 0 Å². The van der Waals surface area contributed by atoms with E-state index < -0.39 is 0 Å². The fraction of sp³-hybridized carbons (Fsp3) is 0.917. The first-order chi connectivity index (χ1) is 13.7. The lowest BCUT2D eigenvalue weighted by Crippen LogP contribution is -2.42. The van der Waals surface area contributed by atoms with Crippen LogP contribution < -0.4 is 0 Å². The zero-order valence-corrected chi connectivity index (χ0v) is 18.7. The lowest BCUT2D eigenvalue weighted by molar-refractivity contribution is -0.138. The molecule has 1 aliphatic carbocycles. The second kappa shape index (κ2) is 12.6. The number of rotatable bonds is 6. The maximum atomic E-state index is 12.7. The molecule has 0 aromatic heterocycles. The molecule has 0 N–H and O–H groups in total. The Bertz CT molecular complexity index is 444. The molecule has 0 spiro atoms. The van der Waals surface area contributed by atoms with Crippen LogP contribution in [0.2, 0.25) is 0 Å². The van der Waals surface area contributed by atoms with Gasteiger partial charge in [-0.1, -0.05) is 20.8 Å². The maximum Gasteiger partial charge on any atom is 0.225 e. The van der Waals surface area contributed by atoms with Crippen molar-refractivity contribution in [3.63, 3.8) is 0 Å². The van der Waals surface area contributed by atoms with E-state index in [1.54, 1.807) is 0 Å². The standard InChI is InChI=1S/C22H38N2O2.C2H6/c1-18-8-13-23(14-9-18)12-2-3-19-10-15-24(16-11-19)22(26)21-6-4-20(17-25)5-7-21;1-2/h17-21H,2-16H2,1H3;1-2H3. The van der Waals surface area contributed by atoms with Crippen LogP contribution in [0.4, 0.5) is 0 Å². The van der Waals surface area contributed by atoms with E-state index in [9.17, 15) is 9.59 Å². The van der Waals surface area contributed by atoms with Crippen molar-refractivity contribution in [2.24, 2.45) is 23.7 Å². The molecule has 0 radical (unpaired) electrons. The Kier molecular flexibility index (Phi) is 10.5. The van der Waals surface area contributed by atoms with Crippen LogP contribution in [-0.4, -0.2) is 54.7 Å². The van der Waals surface area contributed by atoms with E-state index in [-0.39, 0.29) is 11.8 Å². The molecule has 2 aliphatic heterocycles. The number of amides is 1. The summed E-state index contributed by atoms with van der Waals surface area (Å²) in [6.45, 7) is 12.1. The molecule has 2 heterocycles. The highest BCUT2D eigenvalue weighted by atomic mass is 16.2. The molecule has 4 nitrogen and oxygen atoms in total. The van der Waals surface area contributed by atoms with E-state index >= 15 is 0 Å². The zero-order valence-electron chi connectivity index (χ0n) is 18.7. The van der Waals surface area contributed by atoms with Crippen LogP contribution in [0.15, 0.2) is 0 Å². The highest BCUT2D eigenvalue weighted by Crippen LogP contribution is 2.31. The van der Waals surface area contributed by atoms with Crippen molar-refractivity contribution >= 4 is 12.2 Å². The molecule has 0 bridgehead atoms. The number of likely N-dealkylation sites (tertiary alicyclic amines) is 2. The van der Waals surface area contributed by atoms with Gasteiger partial charge in [-0.2, -0.15) is 0 Å². The summed E-state index contributed by atoms with van der Waals surface area (Å²) in [5.74, 6) is 2.49. The fourth-order valence-corrected chi connectivity index (χ4v) is 5.09. The summed E-state index contributed by atoms with van der Waals surface area (Å²) in [6.07, 6.45) is 12.5. The Morgan fingerprint density at radius 3 is 2.07 bits per heavy atom. The molecule has 3 rings (SSSR count). The number of nitrogens with zero attached hydrogens (tertiary/aromatic N) is 2. The van der Waals surface area contributed by atoms with Crippen molar-refractivity contribution in [3.05, 3.63) is 0 Å². The van der Waals surface area contributed by atoms with E-state index in [1.807, 2.05) is 13.8 Å². The number of carbonyl (C=O) groups excluding carboxylic acids is 2. The molecule has 1 amide bonds. The number of piperidine rings is 2. The molecular weight excluding hydrogens is 348 g/mol. The summed E-state index contributed by atoms with van der Waals surface area (Å²) >= 11 is 0. The molecular formula is C24H44N2O2. The third-order valence-electron chi connectivity index (χ3n) is 7.20. The summed E-state index contributed by atoms with van der Waals surface area (Å²) in [4.78, 5) is 28.4. The monoisotopic (exact) mass is 392 g/mol. The molecule has 2 saturated heterocycles. The second-order valence-electron chi connectivity index (χ2n) is 9.18. The van der Waals surface area contributed by atoms with E-state index in [4.69, 9.17) is 0 Å².